The van der Waals surface area contributed by atoms with E-state index < -0.39 is 0 Å². The monoisotopic (exact) mass is 764 g/mol. The van der Waals surface area contributed by atoms with Crippen molar-refractivity contribution in [2.24, 2.45) is 0 Å². The highest BCUT2D eigenvalue weighted by atomic mass is 16.3. The quantitative estimate of drug-likeness (QED) is 0.168. The van der Waals surface area contributed by atoms with Crippen molar-refractivity contribution < 1.29 is 4.42 Å². The lowest BCUT2D eigenvalue weighted by Crippen LogP contribution is -2.17. The molecule has 0 spiro atoms. The summed E-state index contributed by atoms with van der Waals surface area (Å²) in [4.78, 5) is 2.39. The predicted octanol–water partition coefficient (Wildman–Crippen LogP) is 16.1. The zero-order valence-electron chi connectivity index (χ0n) is 34.6. The largest absolute Gasteiger partial charge is 0.456 e. The molecule has 10 rings (SSSR count). The normalized spacial score (nSPS) is 12.2. The maximum absolute atomic E-state index is 6.30. The van der Waals surface area contributed by atoms with Gasteiger partial charge in [0.1, 0.15) is 11.2 Å². The summed E-state index contributed by atoms with van der Waals surface area (Å²) in [6.45, 7) is 13.9. The number of fused-ring (bicyclic) bond motifs is 6. The first-order valence-corrected chi connectivity index (χ1v) is 20.7. The highest BCUT2D eigenvalue weighted by Crippen LogP contribution is 2.43. The molecule has 0 radical (unpaired) electrons. The average molecular weight is 765 g/mol. The van der Waals surface area contributed by atoms with Gasteiger partial charge >= 0.3 is 0 Å². The number of hydrogen-bond donors (Lipinski definition) is 0. The minimum absolute atomic E-state index is 0.0112. The average Bonchev–Trinajstić information content (AvgIpc) is 3.79. The third-order valence-electron chi connectivity index (χ3n) is 11.9. The van der Waals surface area contributed by atoms with Gasteiger partial charge in [0.25, 0.3) is 0 Å². The summed E-state index contributed by atoms with van der Waals surface area (Å²) in [5.74, 6) is 0. The van der Waals surface area contributed by atoms with Gasteiger partial charge < -0.3 is 13.9 Å². The van der Waals surface area contributed by atoms with E-state index in [-0.39, 0.29) is 10.8 Å². The van der Waals surface area contributed by atoms with Gasteiger partial charge in [0, 0.05) is 44.3 Å². The van der Waals surface area contributed by atoms with E-state index >= 15 is 0 Å². The number of aromatic nitrogens is 1. The number of para-hydroxylation sites is 2. The van der Waals surface area contributed by atoms with Crippen LogP contribution >= 0.6 is 0 Å². The fraction of sp³-hybridized carbons (Fsp3) is 0.143. The minimum Gasteiger partial charge on any atom is -0.456 e. The maximum atomic E-state index is 6.30. The van der Waals surface area contributed by atoms with Gasteiger partial charge in [0.05, 0.1) is 11.0 Å². The van der Waals surface area contributed by atoms with Crippen LogP contribution in [0.3, 0.4) is 0 Å². The third kappa shape index (κ3) is 6.57. The van der Waals surface area contributed by atoms with Crippen LogP contribution in [0.15, 0.2) is 186 Å². The molecule has 10 aromatic rings. The third-order valence-corrected chi connectivity index (χ3v) is 11.9. The summed E-state index contributed by atoms with van der Waals surface area (Å²) in [5.41, 5.74) is 16.0. The second-order valence-corrected chi connectivity index (χ2v) is 17.9. The van der Waals surface area contributed by atoms with E-state index in [2.05, 4.69) is 221 Å². The van der Waals surface area contributed by atoms with Crippen LogP contribution in [0.1, 0.15) is 52.7 Å². The highest BCUT2D eigenvalue weighted by molar-refractivity contribution is 6.11. The second-order valence-electron chi connectivity index (χ2n) is 17.9. The summed E-state index contributed by atoms with van der Waals surface area (Å²) < 4.78 is 8.78. The van der Waals surface area contributed by atoms with Crippen molar-refractivity contribution in [1.82, 2.24) is 4.57 Å². The molecule has 0 aliphatic rings. The minimum atomic E-state index is -0.0112. The number of rotatable bonds is 6. The van der Waals surface area contributed by atoms with Gasteiger partial charge in [-0.25, -0.2) is 0 Å². The van der Waals surface area contributed by atoms with Crippen LogP contribution < -0.4 is 4.90 Å². The molecule has 0 unspecified atom stereocenters. The Bertz CT molecular complexity index is 3120. The van der Waals surface area contributed by atoms with Gasteiger partial charge in [-0.05, 0) is 111 Å². The molecule has 0 bridgehead atoms. The van der Waals surface area contributed by atoms with Gasteiger partial charge in [-0.2, -0.15) is 0 Å². The molecule has 2 aromatic heterocycles. The Labute approximate surface area is 346 Å². The Morgan fingerprint density at radius 1 is 0.373 bits per heavy atom. The Hall–Kier alpha value is -6.84. The van der Waals surface area contributed by atoms with Crippen molar-refractivity contribution >= 4 is 60.8 Å². The fourth-order valence-corrected chi connectivity index (χ4v) is 8.57. The standard InChI is InChI=1S/C56H48N2O/c1-55(2,3)41-32-42(56(4,5)6)34-46(33-41)58-51-18-12-10-16-47(51)48-30-28-45(36-52(48)58)57(44-29-31-54-50(35-44)49-17-11-13-19-53(49)59-54)43-26-24-40(25-27-43)39-22-20-38(21-23-39)37-14-8-7-9-15-37/h7-36H,1-6H3. The predicted molar refractivity (Wildman–Crippen MR) is 251 cm³/mol. The smallest absolute Gasteiger partial charge is 0.135 e. The van der Waals surface area contributed by atoms with Crippen molar-refractivity contribution in [3.63, 3.8) is 0 Å². The van der Waals surface area contributed by atoms with E-state index in [0.29, 0.717) is 0 Å². The van der Waals surface area contributed by atoms with E-state index in [4.69, 9.17) is 4.42 Å². The van der Waals surface area contributed by atoms with E-state index in [1.165, 1.54) is 60.9 Å². The molecule has 0 atom stereocenters. The number of nitrogens with zero attached hydrogens (tertiary/aromatic N) is 2. The van der Waals surface area contributed by atoms with Crippen molar-refractivity contribution in [3.8, 4) is 27.9 Å². The highest BCUT2D eigenvalue weighted by Gasteiger charge is 2.24. The Kier molecular flexibility index (Phi) is 8.61. The molecule has 0 fully saturated rings. The summed E-state index contributed by atoms with van der Waals surface area (Å²) >= 11 is 0. The number of hydrogen-bond acceptors (Lipinski definition) is 2. The van der Waals surface area contributed by atoms with E-state index in [0.717, 1.165) is 39.0 Å². The Morgan fingerprint density at radius 2 is 0.864 bits per heavy atom. The van der Waals surface area contributed by atoms with Crippen LogP contribution in [0.4, 0.5) is 17.1 Å². The molecule has 3 heteroatoms. The van der Waals surface area contributed by atoms with Crippen LogP contribution in [-0.4, -0.2) is 4.57 Å². The summed E-state index contributed by atoms with van der Waals surface area (Å²) in [7, 11) is 0. The summed E-state index contributed by atoms with van der Waals surface area (Å²) in [6.07, 6.45) is 0. The molecule has 2 heterocycles. The van der Waals surface area contributed by atoms with Crippen molar-refractivity contribution in [3.05, 3.63) is 193 Å². The van der Waals surface area contributed by atoms with E-state index in [1.807, 2.05) is 12.1 Å². The number of benzene rings is 8. The molecule has 0 saturated carbocycles. The van der Waals surface area contributed by atoms with Gasteiger partial charge in [0.15, 0.2) is 0 Å². The van der Waals surface area contributed by atoms with Crippen molar-refractivity contribution in [1.29, 1.82) is 0 Å². The van der Waals surface area contributed by atoms with Crippen LogP contribution in [0, 0.1) is 0 Å². The van der Waals surface area contributed by atoms with Gasteiger partial charge in [0.2, 0.25) is 0 Å². The number of furan rings is 1. The van der Waals surface area contributed by atoms with E-state index in [9.17, 15) is 0 Å². The molecular formula is C56H48N2O. The lowest BCUT2D eigenvalue weighted by atomic mass is 9.80. The van der Waals surface area contributed by atoms with E-state index in [1.54, 1.807) is 0 Å². The van der Waals surface area contributed by atoms with Crippen LogP contribution in [0.2, 0.25) is 0 Å². The molecule has 0 aliphatic heterocycles. The molecule has 0 N–H and O–H groups in total. The summed E-state index contributed by atoms with van der Waals surface area (Å²) in [5, 5.41) is 4.69. The van der Waals surface area contributed by atoms with Gasteiger partial charge in [-0.1, -0.05) is 157 Å². The lowest BCUT2D eigenvalue weighted by molar-refractivity contribution is 0.568. The maximum Gasteiger partial charge on any atom is 0.135 e. The van der Waals surface area contributed by atoms with Crippen LogP contribution in [-0.2, 0) is 10.8 Å². The first kappa shape index (κ1) is 36.5. The first-order valence-electron chi connectivity index (χ1n) is 20.7. The lowest BCUT2D eigenvalue weighted by Gasteiger charge is -2.27. The fourth-order valence-electron chi connectivity index (χ4n) is 8.57. The topological polar surface area (TPSA) is 21.3 Å². The molecule has 3 nitrogen and oxygen atoms in total. The molecule has 0 saturated heterocycles. The Balaban J connectivity index is 1.16. The molecule has 0 amide bonds. The summed E-state index contributed by atoms with van der Waals surface area (Å²) in [6, 6.07) is 66.3. The number of anilines is 3. The molecule has 8 aromatic carbocycles. The zero-order chi connectivity index (χ0) is 40.5. The second kappa shape index (κ2) is 13.9. The van der Waals surface area contributed by atoms with Gasteiger partial charge in [-0.15, -0.1) is 0 Å². The molecule has 288 valence electrons. The van der Waals surface area contributed by atoms with Crippen LogP contribution in [0.5, 0.6) is 0 Å². The first-order chi connectivity index (χ1) is 28.5. The molecular weight excluding hydrogens is 717 g/mol. The molecule has 59 heavy (non-hydrogen) atoms. The molecule has 0 aliphatic carbocycles. The Morgan fingerprint density at radius 3 is 1.53 bits per heavy atom. The zero-order valence-corrected chi connectivity index (χ0v) is 34.6. The van der Waals surface area contributed by atoms with Gasteiger partial charge in [-0.3, -0.25) is 0 Å². The van der Waals surface area contributed by atoms with Crippen molar-refractivity contribution in [2.45, 2.75) is 52.4 Å². The SMILES string of the molecule is CC(C)(C)c1cc(-n2c3ccccc3c3ccc(N(c4ccc(-c5ccc(-c6ccccc6)cc5)cc4)c4ccc5oc6ccccc6c5c4)cc32)cc(C(C)(C)C)c1. The van der Waals surface area contributed by atoms with Crippen molar-refractivity contribution in [2.75, 3.05) is 4.90 Å². The van der Waals surface area contributed by atoms with Crippen LogP contribution in [0.25, 0.3) is 71.7 Å².